The average molecular weight is 327 g/mol. The van der Waals surface area contributed by atoms with Crippen molar-refractivity contribution < 1.29 is 17.9 Å². The van der Waals surface area contributed by atoms with Gasteiger partial charge in [0.15, 0.2) is 0 Å². The molecule has 1 aromatic heterocycles. The van der Waals surface area contributed by atoms with Crippen LogP contribution in [-0.4, -0.2) is 59.8 Å². The molecule has 0 amide bonds. The summed E-state index contributed by atoms with van der Waals surface area (Å²) >= 11 is 0. The van der Waals surface area contributed by atoms with Crippen molar-refractivity contribution in [3.63, 3.8) is 0 Å². The second kappa shape index (κ2) is 6.10. The fourth-order valence-corrected chi connectivity index (χ4v) is 4.34. The zero-order valence-corrected chi connectivity index (χ0v) is 13.5. The second-order valence-electron chi connectivity index (χ2n) is 5.81. The lowest BCUT2D eigenvalue weighted by Gasteiger charge is -2.38. The first-order valence-electron chi connectivity index (χ1n) is 7.58. The fraction of sp³-hybridized carbons (Fsp3) is 0.714. The summed E-state index contributed by atoms with van der Waals surface area (Å²) in [7, 11) is -3.17. The highest BCUT2D eigenvalue weighted by atomic mass is 32.2. The molecule has 1 spiro atoms. The summed E-state index contributed by atoms with van der Waals surface area (Å²) in [6.07, 6.45) is 5.47. The lowest BCUT2D eigenvalue weighted by Crippen LogP contribution is -2.50. The molecule has 2 aliphatic heterocycles. The van der Waals surface area contributed by atoms with Crippen molar-refractivity contribution in [1.82, 2.24) is 14.3 Å². The van der Waals surface area contributed by atoms with Gasteiger partial charge in [-0.3, -0.25) is 0 Å². The van der Waals surface area contributed by atoms with Crippen LogP contribution in [0.1, 0.15) is 26.2 Å². The number of hydrogen-bond donors (Lipinski definition) is 0. The van der Waals surface area contributed by atoms with Gasteiger partial charge in [0.25, 0.3) is 0 Å². The molecule has 2 aliphatic rings. The molecule has 3 heterocycles. The quantitative estimate of drug-likeness (QED) is 0.815. The van der Waals surface area contributed by atoms with Crippen LogP contribution in [0.25, 0.3) is 0 Å². The maximum absolute atomic E-state index is 12.1. The average Bonchev–Trinajstić information content (AvgIpc) is 2.90. The molecule has 0 bridgehead atoms. The third kappa shape index (κ3) is 3.23. The number of piperidine rings is 1. The van der Waals surface area contributed by atoms with E-state index in [0.717, 1.165) is 12.8 Å². The number of rotatable bonds is 4. The van der Waals surface area contributed by atoms with Crippen molar-refractivity contribution in [3.05, 3.63) is 18.5 Å². The Bertz CT molecular complexity index is 610. The van der Waals surface area contributed by atoms with Crippen LogP contribution in [-0.2, 0) is 14.8 Å². The van der Waals surface area contributed by atoms with Crippen LogP contribution in [0.15, 0.2) is 18.5 Å². The van der Waals surface area contributed by atoms with E-state index in [0.29, 0.717) is 32.1 Å². The Morgan fingerprint density at radius 3 is 2.95 bits per heavy atom. The van der Waals surface area contributed by atoms with Gasteiger partial charge in [-0.2, -0.15) is 4.31 Å². The minimum atomic E-state index is -3.17. The molecule has 0 N–H and O–H groups in total. The van der Waals surface area contributed by atoms with E-state index in [1.165, 1.54) is 0 Å². The molecule has 0 aliphatic carbocycles. The lowest BCUT2D eigenvalue weighted by molar-refractivity contribution is -0.0339. The topological polar surface area (TPSA) is 81.6 Å². The van der Waals surface area contributed by atoms with Gasteiger partial charge in [-0.1, -0.05) is 0 Å². The standard InChI is InChI=1S/C14H21N3O4S/c1-2-22(18,19)17-8-3-5-14(11-17)9-12(10-20-14)21-13-15-6-4-7-16-13/h4,6-7,12H,2-3,5,8-11H2,1H3/t12-,14+/m0/s1. The third-order valence-corrected chi connectivity index (χ3v) is 6.08. The molecule has 7 nitrogen and oxygen atoms in total. The molecule has 0 unspecified atom stereocenters. The molecule has 0 radical (unpaired) electrons. The Morgan fingerprint density at radius 1 is 1.45 bits per heavy atom. The highest BCUT2D eigenvalue weighted by molar-refractivity contribution is 7.89. The molecule has 3 rings (SSSR count). The van der Waals surface area contributed by atoms with E-state index in [2.05, 4.69) is 9.97 Å². The Kier molecular flexibility index (Phi) is 4.33. The van der Waals surface area contributed by atoms with Crippen molar-refractivity contribution in [2.75, 3.05) is 25.4 Å². The van der Waals surface area contributed by atoms with Crippen LogP contribution < -0.4 is 4.74 Å². The summed E-state index contributed by atoms with van der Waals surface area (Å²) in [6, 6.07) is 2.07. The van der Waals surface area contributed by atoms with Crippen LogP contribution in [0.2, 0.25) is 0 Å². The van der Waals surface area contributed by atoms with Crippen LogP contribution >= 0.6 is 0 Å². The Hall–Kier alpha value is -1.25. The summed E-state index contributed by atoms with van der Waals surface area (Å²) in [5.41, 5.74) is -0.431. The maximum Gasteiger partial charge on any atom is 0.316 e. The van der Waals surface area contributed by atoms with Crippen molar-refractivity contribution in [3.8, 4) is 6.01 Å². The predicted octanol–water partition coefficient (Wildman–Crippen LogP) is 0.829. The van der Waals surface area contributed by atoms with E-state index in [4.69, 9.17) is 9.47 Å². The normalized spacial score (nSPS) is 29.8. The van der Waals surface area contributed by atoms with Crippen molar-refractivity contribution >= 4 is 10.0 Å². The minimum Gasteiger partial charge on any atom is -0.458 e. The number of aromatic nitrogens is 2. The largest absolute Gasteiger partial charge is 0.458 e. The van der Waals surface area contributed by atoms with Gasteiger partial charge in [-0.25, -0.2) is 18.4 Å². The molecule has 8 heteroatoms. The number of ether oxygens (including phenoxy) is 2. The maximum atomic E-state index is 12.1. The van der Waals surface area contributed by atoms with Gasteiger partial charge < -0.3 is 9.47 Å². The summed E-state index contributed by atoms with van der Waals surface area (Å²) < 4.78 is 37.4. The summed E-state index contributed by atoms with van der Waals surface area (Å²) in [6.45, 7) is 3.11. The van der Waals surface area contributed by atoms with Gasteiger partial charge >= 0.3 is 6.01 Å². The zero-order valence-electron chi connectivity index (χ0n) is 12.6. The molecule has 2 atom stereocenters. The van der Waals surface area contributed by atoms with E-state index in [1.54, 1.807) is 29.7 Å². The van der Waals surface area contributed by atoms with Gasteiger partial charge in [0.05, 0.1) is 18.0 Å². The first kappa shape index (κ1) is 15.6. The number of nitrogens with zero attached hydrogens (tertiary/aromatic N) is 3. The van der Waals surface area contributed by atoms with Crippen LogP contribution in [0.5, 0.6) is 6.01 Å². The van der Waals surface area contributed by atoms with Gasteiger partial charge in [-0.05, 0) is 25.8 Å². The van der Waals surface area contributed by atoms with Crippen molar-refractivity contribution in [1.29, 1.82) is 0 Å². The zero-order chi connectivity index (χ0) is 15.6. The summed E-state index contributed by atoms with van der Waals surface area (Å²) in [5, 5.41) is 0. The summed E-state index contributed by atoms with van der Waals surface area (Å²) in [5.74, 6) is 0.126. The van der Waals surface area contributed by atoms with Crippen molar-refractivity contribution in [2.45, 2.75) is 37.9 Å². The van der Waals surface area contributed by atoms with E-state index >= 15 is 0 Å². The van der Waals surface area contributed by atoms with Crippen LogP contribution in [0.4, 0.5) is 0 Å². The number of sulfonamides is 1. The molecule has 22 heavy (non-hydrogen) atoms. The van der Waals surface area contributed by atoms with Gasteiger partial charge in [0.2, 0.25) is 10.0 Å². The van der Waals surface area contributed by atoms with Gasteiger partial charge in [0.1, 0.15) is 6.10 Å². The van der Waals surface area contributed by atoms with Crippen molar-refractivity contribution in [2.24, 2.45) is 0 Å². The van der Waals surface area contributed by atoms with E-state index in [1.807, 2.05) is 0 Å². The molecule has 122 valence electrons. The Morgan fingerprint density at radius 2 is 2.23 bits per heavy atom. The molecule has 0 aromatic carbocycles. The third-order valence-electron chi connectivity index (χ3n) is 4.25. The highest BCUT2D eigenvalue weighted by Gasteiger charge is 2.46. The van der Waals surface area contributed by atoms with Gasteiger partial charge in [-0.15, -0.1) is 0 Å². The van der Waals surface area contributed by atoms with Crippen LogP contribution in [0.3, 0.4) is 0 Å². The summed E-state index contributed by atoms with van der Waals surface area (Å²) in [4.78, 5) is 8.10. The second-order valence-corrected chi connectivity index (χ2v) is 8.06. The predicted molar refractivity (Wildman–Crippen MR) is 80.0 cm³/mol. The molecule has 2 saturated heterocycles. The fourth-order valence-electron chi connectivity index (χ4n) is 3.14. The SMILES string of the molecule is CCS(=O)(=O)N1CCC[C@@]2(C[C@H](Oc3ncccn3)CO2)C1. The highest BCUT2D eigenvalue weighted by Crippen LogP contribution is 2.36. The lowest BCUT2D eigenvalue weighted by atomic mass is 9.90. The van der Waals surface area contributed by atoms with Crippen LogP contribution in [0, 0.1) is 0 Å². The molecule has 0 saturated carbocycles. The Balaban J connectivity index is 1.65. The van der Waals surface area contributed by atoms with Gasteiger partial charge in [0, 0.05) is 31.9 Å². The first-order chi connectivity index (χ1) is 10.5. The van der Waals surface area contributed by atoms with E-state index in [-0.39, 0.29) is 11.9 Å². The minimum absolute atomic E-state index is 0.126. The number of hydrogen-bond acceptors (Lipinski definition) is 6. The van der Waals surface area contributed by atoms with E-state index < -0.39 is 15.6 Å². The molecular formula is C14H21N3O4S. The Labute approximate surface area is 130 Å². The van der Waals surface area contributed by atoms with E-state index in [9.17, 15) is 8.42 Å². The monoisotopic (exact) mass is 327 g/mol. The first-order valence-corrected chi connectivity index (χ1v) is 9.19. The molecule has 2 fully saturated rings. The molecular weight excluding hydrogens is 306 g/mol. The smallest absolute Gasteiger partial charge is 0.316 e. The molecule has 1 aromatic rings.